The van der Waals surface area contributed by atoms with Gasteiger partial charge in [0, 0.05) is 30.0 Å². The smallest absolute Gasteiger partial charge is 0.370 e. The fraction of sp³-hybridized carbons (Fsp3) is 0.556. The summed E-state index contributed by atoms with van der Waals surface area (Å²) in [5.74, 6) is -1.93. The second-order valence-electron chi connectivity index (χ2n) is 7.05. The molecule has 0 saturated carbocycles. The standard InChI is InChI=1S/C18H20F8N4O3/c19-15(20)11-5-10(30-3-4-33-7-14(30)31)1-2-12(11)28-16(32)13(6-27)29(8-17(21,22)23)9-18(24,25)26/h1-2,5,13,15H,3-4,6-9,27H2,(H,28,32)/t13-/m1/s1. The average molecular weight is 492 g/mol. The van der Waals surface area contributed by atoms with Crippen molar-refractivity contribution in [3.05, 3.63) is 23.8 Å². The highest BCUT2D eigenvalue weighted by molar-refractivity contribution is 5.97. The lowest BCUT2D eigenvalue weighted by atomic mass is 10.1. The monoisotopic (exact) mass is 492 g/mol. The molecule has 0 aromatic heterocycles. The van der Waals surface area contributed by atoms with Crippen molar-refractivity contribution in [2.75, 3.05) is 49.6 Å². The SMILES string of the molecule is NC[C@H](C(=O)Nc1ccc(N2CCOCC2=O)cc1C(F)F)N(CC(F)(F)F)CC(F)(F)F. The second-order valence-corrected chi connectivity index (χ2v) is 7.05. The van der Waals surface area contributed by atoms with Crippen molar-refractivity contribution in [2.24, 2.45) is 5.73 Å². The van der Waals surface area contributed by atoms with Crippen molar-refractivity contribution in [1.82, 2.24) is 4.90 Å². The van der Waals surface area contributed by atoms with Crippen LogP contribution in [-0.2, 0) is 14.3 Å². The van der Waals surface area contributed by atoms with E-state index < -0.39 is 67.5 Å². The van der Waals surface area contributed by atoms with Gasteiger partial charge in [-0.1, -0.05) is 0 Å². The summed E-state index contributed by atoms with van der Waals surface area (Å²) in [7, 11) is 0. The molecule has 3 N–H and O–H groups in total. The lowest BCUT2D eigenvalue weighted by Crippen LogP contribution is -2.54. The third kappa shape index (κ3) is 7.78. The summed E-state index contributed by atoms with van der Waals surface area (Å²) in [5.41, 5.74) is 3.99. The van der Waals surface area contributed by atoms with E-state index in [0.717, 1.165) is 17.0 Å². The van der Waals surface area contributed by atoms with E-state index in [-0.39, 0.29) is 30.3 Å². The molecule has 7 nitrogen and oxygen atoms in total. The molecule has 1 aromatic carbocycles. The molecule has 0 unspecified atom stereocenters. The van der Waals surface area contributed by atoms with E-state index in [1.807, 2.05) is 5.32 Å². The van der Waals surface area contributed by atoms with Crippen LogP contribution in [0, 0.1) is 0 Å². The van der Waals surface area contributed by atoms with Gasteiger partial charge in [0.2, 0.25) is 5.91 Å². The Morgan fingerprint density at radius 2 is 1.76 bits per heavy atom. The summed E-state index contributed by atoms with van der Waals surface area (Å²) < 4.78 is 109. The number of benzene rings is 1. The van der Waals surface area contributed by atoms with Gasteiger partial charge in [0.25, 0.3) is 12.3 Å². The molecular formula is C18H20F8N4O3. The van der Waals surface area contributed by atoms with Gasteiger partial charge in [0.15, 0.2) is 0 Å². The number of ether oxygens (including phenoxy) is 1. The van der Waals surface area contributed by atoms with E-state index in [9.17, 15) is 44.7 Å². The first kappa shape index (κ1) is 26.7. The van der Waals surface area contributed by atoms with Crippen molar-refractivity contribution >= 4 is 23.2 Å². The van der Waals surface area contributed by atoms with Crippen molar-refractivity contribution in [3.63, 3.8) is 0 Å². The topological polar surface area (TPSA) is 87.9 Å². The highest BCUT2D eigenvalue weighted by Gasteiger charge is 2.42. The number of hydrogen-bond acceptors (Lipinski definition) is 5. The van der Waals surface area contributed by atoms with Gasteiger partial charge in [-0.15, -0.1) is 0 Å². The maximum absolute atomic E-state index is 13.6. The quantitative estimate of drug-likeness (QED) is 0.545. The lowest BCUT2D eigenvalue weighted by Gasteiger charge is -2.31. The minimum atomic E-state index is -5.08. The van der Waals surface area contributed by atoms with Gasteiger partial charge in [-0.05, 0) is 18.2 Å². The third-order valence-electron chi connectivity index (χ3n) is 4.56. The number of rotatable bonds is 8. The first-order valence-electron chi connectivity index (χ1n) is 9.40. The van der Waals surface area contributed by atoms with Gasteiger partial charge in [-0.2, -0.15) is 26.3 Å². The van der Waals surface area contributed by atoms with Gasteiger partial charge in [-0.3, -0.25) is 14.5 Å². The minimum absolute atomic E-state index is 0.0581. The van der Waals surface area contributed by atoms with Crippen LogP contribution in [0.15, 0.2) is 18.2 Å². The van der Waals surface area contributed by atoms with Crippen molar-refractivity contribution in [3.8, 4) is 0 Å². The van der Waals surface area contributed by atoms with Crippen LogP contribution in [0.5, 0.6) is 0 Å². The summed E-state index contributed by atoms with van der Waals surface area (Å²) in [6, 6.07) is 0.956. The number of hydrogen-bond donors (Lipinski definition) is 2. The Balaban J connectivity index is 2.30. The molecule has 1 saturated heterocycles. The number of morpholine rings is 1. The number of halogens is 8. The predicted molar refractivity (Wildman–Crippen MR) is 99.7 cm³/mol. The van der Waals surface area contributed by atoms with Crippen LogP contribution >= 0.6 is 0 Å². The Labute approximate surface area is 182 Å². The molecule has 0 radical (unpaired) electrons. The lowest BCUT2D eigenvalue weighted by molar-refractivity contribution is -0.186. The maximum Gasteiger partial charge on any atom is 0.401 e. The molecule has 1 aromatic rings. The highest BCUT2D eigenvalue weighted by Crippen LogP contribution is 2.32. The van der Waals surface area contributed by atoms with Crippen LogP contribution in [0.3, 0.4) is 0 Å². The largest absolute Gasteiger partial charge is 0.401 e. The number of nitrogens with one attached hydrogen (secondary N) is 1. The summed E-state index contributed by atoms with van der Waals surface area (Å²) in [5, 5.41) is 1.93. The number of carbonyl (C=O) groups is 2. The second kappa shape index (κ2) is 10.6. The van der Waals surface area contributed by atoms with Crippen LogP contribution in [-0.4, -0.2) is 74.5 Å². The molecule has 2 amide bonds. The first-order valence-corrected chi connectivity index (χ1v) is 9.40. The van der Waals surface area contributed by atoms with Gasteiger partial charge in [0.05, 0.1) is 19.7 Å². The van der Waals surface area contributed by atoms with Crippen molar-refractivity contribution < 1.29 is 49.4 Å². The Hall–Kier alpha value is -2.52. The number of nitrogens with two attached hydrogens (primary N) is 1. The van der Waals surface area contributed by atoms with E-state index >= 15 is 0 Å². The van der Waals surface area contributed by atoms with E-state index in [1.54, 1.807) is 0 Å². The van der Waals surface area contributed by atoms with E-state index in [4.69, 9.17) is 10.5 Å². The molecule has 0 aliphatic carbocycles. The van der Waals surface area contributed by atoms with Crippen LogP contribution in [0.2, 0.25) is 0 Å². The summed E-state index contributed by atoms with van der Waals surface area (Å²) >= 11 is 0. The molecule has 33 heavy (non-hydrogen) atoms. The molecule has 0 spiro atoms. The zero-order valence-corrected chi connectivity index (χ0v) is 16.8. The van der Waals surface area contributed by atoms with Crippen LogP contribution in [0.25, 0.3) is 0 Å². The first-order chi connectivity index (χ1) is 15.2. The normalized spacial score (nSPS) is 16.5. The highest BCUT2D eigenvalue weighted by atomic mass is 19.4. The molecule has 1 aliphatic rings. The average Bonchev–Trinajstić information content (AvgIpc) is 2.66. The number of carbonyl (C=O) groups excluding carboxylic acids is 2. The van der Waals surface area contributed by atoms with Gasteiger partial charge in [0.1, 0.15) is 12.6 Å². The third-order valence-corrected chi connectivity index (χ3v) is 4.56. The van der Waals surface area contributed by atoms with Crippen molar-refractivity contribution in [1.29, 1.82) is 0 Å². The zero-order chi connectivity index (χ0) is 25.0. The maximum atomic E-state index is 13.6. The van der Waals surface area contributed by atoms with Crippen molar-refractivity contribution in [2.45, 2.75) is 24.8 Å². The number of nitrogens with zero attached hydrogens (tertiary/aromatic N) is 2. The van der Waals surface area contributed by atoms with E-state index in [2.05, 4.69) is 0 Å². The van der Waals surface area contributed by atoms with E-state index in [1.165, 1.54) is 6.07 Å². The van der Waals surface area contributed by atoms with Crippen LogP contribution in [0.1, 0.15) is 12.0 Å². The molecule has 1 atom stereocenters. The fourth-order valence-corrected chi connectivity index (χ4v) is 3.18. The van der Waals surface area contributed by atoms with E-state index in [0.29, 0.717) is 0 Å². The molecule has 1 heterocycles. The summed E-state index contributed by atoms with van der Waals surface area (Å²) in [6.45, 7) is -5.17. The molecule has 1 aliphatic heterocycles. The number of anilines is 2. The molecular weight excluding hydrogens is 472 g/mol. The fourth-order valence-electron chi connectivity index (χ4n) is 3.18. The Kier molecular flexibility index (Phi) is 8.59. The molecule has 186 valence electrons. The molecule has 15 heteroatoms. The van der Waals surface area contributed by atoms with Crippen LogP contribution < -0.4 is 16.0 Å². The number of amides is 2. The van der Waals surface area contributed by atoms with Gasteiger partial charge < -0.3 is 20.7 Å². The van der Waals surface area contributed by atoms with Crippen LogP contribution in [0.4, 0.5) is 46.5 Å². The predicted octanol–water partition coefficient (Wildman–Crippen LogP) is 2.68. The molecule has 1 fully saturated rings. The Bertz CT molecular complexity index is 831. The summed E-state index contributed by atoms with van der Waals surface area (Å²) in [4.78, 5) is 25.3. The minimum Gasteiger partial charge on any atom is -0.370 e. The Morgan fingerprint density at radius 1 is 1.15 bits per heavy atom. The Morgan fingerprint density at radius 3 is 2.24 bits per heavy atom. The summed E-state index contributed by atoms with van der Waals surface area (Å²) in [6.07, 6.45) is -13.4. The number of alkyl halides is 8. The molecule has 2 rings (SSSR count). The van der Waals surface area contributed by atoms with Gasteiger partial charge >= 0.3 is 12.4 Å². The van der Waals surface area contributed by atoms with Gasteiger partial charge in [-0.25, -0.2) is 8.78 Å². The molecule has 0 bridgehead atoms. The zero-order valence-electron chi connectivity index (χ0n) is 16.8.